The maximum Gasteiger partial charge on any atom is 0.281 e. The third-order valence-electron chi connectivity index (χ3n) is 4.87. The van der Waals surface area contributed by atoms with Crippen LogP contribution in [0.5, 0.6) is 0 Å². The second-order valence-electron chi connectivity index (χ2n) is 6.36. The average Bonchev–Trinajstić information content (AvgIpc) is 3.25. The van der Waals surface area contributed by atoms with Gasteiger partial charge in [0, 0.05) is 52.0 Å². The first kappa shape index (κ1) is 18.0. The van der Waals surface area contributed by atoms with Gasteiger partial charge in [0.1, 0.15) is 5.82 Å². The Bertz CT molecular complexity index is 792. The normalized spacial score (nSPS) is 17.4. The van der Waals surface area contributed by atoms with Gasteiger partial charge in [0.2, 0.25) is 0 Å². The van der Waals surface area contributed by atoms with Crippen LogP contribution in [0.2, 0.25) is 0 Å². The van der Waals surface area contributed by atoms with Crippen molar-refractivity contribution in [2.45, 2.75) is 32.2 Å². The molecule has 10 heteroatoms. The minimum absolute atomic E-state index is 0.229. The van der Waals surface area contributed by atoms with Gasteiger partial charge in [-0.25, -0.2) is 4.98 Å². The molecule has 0 unspecified atom stereocenters. The molecular formula is C15H25N7O2S. The molecule has 2 aromatic rings. The van der Waals surface area contributed by atoms with Crippen molar-refractivity contribution < 1.29 is 8.42 Å². The quantitative estimate of drug-likeness (QED) is 0.739. The third-order valence-corrected chi connectivity index (χ3v) is 6.93. The fraction of sp³-hybridized carbons (Fsp3) is 0.667. The van der Waals surface area contributed by atoms with Gasteiger partial charge in [-0.15, -0.1) is 10.2 Å². The van der Waals surface area contributed by atoms with E-state index in [1.807, 2.05) is 29.3 Å². The molecule has 3 rings (SSSR count). The van der Waals surface area contributed by atoms with Crippen molar-refractivity contribution in [2.75, 3.05) is 26.7 Å². The highest BCUT2D eigenvalue weighted by molar-refractivity contribution is 7.86. The first-order chi connectivity index (χ1) is 11.9. The zero-order valence-electron chi connectivity index (χ0n) is 14.9. The summed E-state index contributed by atoms with van der Waals surface area (Å²) >= 11 is 0. The number of aromatic nitrogens is 5. The van der Waals surface area contributed by atoms with Crippen LogP contribution in [-0.2, 0) is 23.8 Å². The third kappa shape index (κ3) is 3.60. The number of nitrogens with zero attached hydrogens (tertiary/aromatic N) is 7. The molecule has 0 bridgehead atoms. The molecule has 0 atom stereocenters. The summed E-state index contributed by atoms with van der Waals surface area (Å²) in [5.74, 6) is 2.03. The second kappa shape index (κ2) is 7.22. The topological polar surface area (TPSA) is 89.2 Å². The molecule has 138 valence electrons. The van der Waals surface area contributed by atoms with E-state index in [-0.39, 0.29) is 5.92 Å². The van der Waals surface area contributed by atoms with Crippen LogP contribution < -0.4 is 0 Å². The summed E-state index contributed by atoms with van der Waals surface area (Å²) in [6, 6.07) is 0. The Morgan fingerprint density at radius 3 is 2.60 bits per heavy atom. The Morgan fingerprint density at radius 2 is 2.00 bits per heavy atom. The minimum atomic E-state index is -3.34. The summed E-state index contributed by atoms with van der Waals surface area (Å²) in [5, 5.41) is 8.66. The molecule has 0 aromatic carbocycles. The van der Waals surface area contributed by atoms with Crippen molar-refractivity contribution in [1.29, 1.82) is 0 Å². The second-order valence-corrected chi connectivity index (χ2v) is 8.40. The summed E-state index contributed by atoms with van der Waals surface area (Å²) < 4.78 is 31.8. The number of piperidine rings is 1. The molecule has 25 heavy (non-hydrogen) atoms. The highest BCUT2D eigenvalue weighted by Crippen LogP contribution is 2.28. The van der Waals surface area contributed by atoms with Crippen LogP contribution in [0.1, 0.15) is 37.3 Å². The average molecular weight is 367 g/mol. The summed E-state index contributed by atoms with van der Waals surface area (Å²) in [7, 11) is 0.242. The standard InChI is InChI=1S/C15H25N7O2S/c1-4-19(2)25(23,24)22-8-5-13(6-9-22)15-18-17-14(20(15)3)11-21-10-7-16-12-21/h7,10,12-13H,4-6,8-9,11H2,1-3H3. The summed E-state index contributed by atoms with van der Waals surface area (Å²) in [6.07, 6.45) is 6.90. The molecule has 3 heterocycles. The fourth-order valence-electron chi connectivity index (χ4n) is 3.12. The van der Waals surface area contributed by atoms with Crippen LogP contribution in [-0.4, -0.2) is 68.0 Å². The van der Waals surface area contributed by atoms with Gasteiger partial charge in [-0.3, -0.25) is 0 Å². The van der Waals surface area contributed by atoms with Crippen molar-refractivity contribution in [3.8, 4) is 0 Å². The Morgan fingerprint density at radius 1 is 1.28 bits per heavy atom. The van der Waals surface area contributed by atoms with Crippen LogP contribution in [0.3, 0.4) is 0 Å². The van der Waals surface area contributed by atoms with Gasteiger partial charge < -0.3 is 9.13 Å². The van der Waals surface area contributed by atoms with Crippen LogP contribution in [0, 0.1) is 0 Å². The first-order valence-corrected chi connectivity index (χ1v) is 9.88. The molecule has 0 saturated carbocycles. The van der Waals surface area contributed by atoms with Gasteiger partial charge in [0.05, 0.1) is 12.9 Å². The van der Waals surface area contributed by atoms with E-state index >= 15 is 0 Å². The maximum atomic E-state index is 12.4. The molecule has 0 N–H and O–H groups in total. The van der Waals surface area contributed by atoms with Crippen LogP contribution in [0.4, 0.5) is 0 Å². The van der Waals surface area contributed by atoms with Crippen molar-refractivity contribution >= 4 is 10.2 Å². The molecule has 1 aliphatic rings. The van der Waals surface area contributed by atoms with E-state index in [1.54, 1.807) is 23.9 Å². The molecule has 2 aromatic heterocycles. The fourth-order valence-corrected chi connectivity index (χ4v) is 4.51. The van der Waals surface area contributed by atoms with E-state index in [0.717, 1.165) is 24.5 Å². The van der Waals surface area contributed by atoms with E-state index in [0.29, 0.717) is 26.2 Å². The van der Waals surface area contributed by atoms with E-state index in [9.17, 15) is 8.42 Å². The Balaban J connectivity index is 1.66. The largest absolute Gasteiger partial charge is 0.330 e. The molecule has 1 saturated heterocycles. The summed E-state index contributed by atoms with van der Waals surface area (Å²) in [5.41, 5.74) is 0. The van der Waals surface area contributed by atoms with Crippen LogP contribution >= 0.6 is 0 Å². The Hall–Kier alpha value is -1.78. The number of hydrogen-bond donors (Lipinski definition) is 0. The molecule has 0 amide bonds. The van der Waals surface area contributed by atoms with Gasteiger partial charge in [-0.2, -0.15) is 17.0 Å². The SMILES string of the molecule is CCN(C)S(=O)(=O)N1CCC(c2nnc(Cn3ccnc3)n2C)CC1. The van der Waals surface area contributed by atoms with Gasteiger partial charge in [0.15, 0.2) is 5.82 Å². The van der Waals surface area contributed by atoms with Crippen LogP contribution in [0.15, 0.2) is 18.7 Å². The van der Waals surface area contributed by atoms with E-state index < -0.39 is 10.2 Å². The molecule has 0 radical (unpaired) electrons. The number of hydrogen-bond acceptors (Lipinski definition) is 5. The van der Waals surface area contributed by atoms with Crippen molar-refractivity contribution in [1.82, 2.24) is 32.9 Å². The lowest BCUT2D eigenvalue weighted by molar-refractivity contribution is 0.290. The lowest BCUT2D eigenvalue weighted by Crippen LogP contribution is -2.45. The highest BCUT2D eigenvalue weighted by Gasteiger charge is 2.32. The smallest absolute Gasteiger partial charge is 0.281 e. The molecule has 1 aliphatic heterocycles. The monoisotopic (exact) mass is 367 g/mol. The van der Waals surface area contributed by atoms with E-state index in [4.69, 9.17) is 0 Å². The van der Waals surface area contributed by atoms with Crippen molar-refractivity contribution in [3.05, 3.63) is 30.4 Å². The predicted octanol–water partition coefficient (Wildman–Crippen LogP) is 0.436. The number of rotatable bonds is 6. The summed E-state index contributed by atoms with van der Waals surface area (Å²) in [4.78, 5) is 4.04. The Kier molecular flexibility index (Phi) is 5.21. The van der Waals surface area contributed by atoms with Crippen molar-refractivity contribution in [2.24, 2.45) is 7.05 Å². The lowest BCUT2D eigenvalue weighted by Gasteiger charge is -2.33. The Labute approximate surface area is 148 Å². The molecular weight excluding hydrogens is 342 g/mol. The van der Waals surface area contributed by atoms with Crippen LogP contribution in [0.25, 0.3) is 0 Å². The molecule has 0 spiro atoms. The van der Waals surface area contributed by atoms with Crippen molar-refractivity contribution in [3.63, 3.8) is 0 Å². The van der Waals surface area contributed by atoms with Gasteiger partial charge in [-0.05, 0) is 12.8 Å². The lowest BCUT2D eigenvalue weighted by atomic mass is 9.97. The van der Waals surface area contributed by atoms with Gasteiger partial charge in [-0.1, -0.05) is 6.92 Å². The van der Waals surface area contributed by atoms with Gasteiger partial charge in [0.25, 0.3) is 10.2 Å². The van der Waals surface area contributed by atoms with E-state index in [2.05, 4.69) is 15.2 Å². The summed E-state index contributed by atoms with van der Waals surface area (Å²) in [6.45, 7) is 3.97. The molecule has 0 aliphatic carbocycles. The number of imidazole rings is 1. The minimum Gasteiger partial charge on any atom is -0.330 e. The zero-order chi connectivity index (χ0) is 18.0. The zero-order valence-corrected chi connectivity index (χ0v) is 15.7. The first-order valence-electron chi connectivity index (χ1n) is 8.48. The maximum absolute atomic E-state index is 12.4. The predicted molar refractivity (Wildman–Crippen MR) is 93.1 cm³/mol. The highest BCUT2D eigenvalue weighted by atomic mass is 32.2. The van der Waals surface area contributed by atoms with Gasteiger partial charge >= 0.3 is 0 Å². The van der Waals surface area contributed by atoms with E-state index in [1.165, 1.54) is 4.31 Å². The molecule has 9 nitrogen and oxygen atoms in total. The molecule has 1 fully saturated rings.